The first kappa shape index (κ1) is 18.3. The van der Waals surface area contributed by atoms with Crippen molar-refractivity contribution in [2.75, 3.05) is 26.7 Å². The van der Waals surface area contributed by atoms with Crippen LogP contribution in [0.4, 0.5) is 4.79 Å². The Balaban J connectivity index is 1.57. The molecular formula is C19H27N5O2. The molecule has 0 bridgehead atoms. The smallest absolute Gasteiger partial charge is 0.413 e. The van der Waals surface area contributed by atoms with Crippen molar-refractivity contribution in [1.29, 1.82) is 5.41 Å². The van der Waals surface area contributed by atoms with E-state index in [9.17, 15) is 4.79 Å². The summed E-state index contributed by atoms with van der Waals surface area (Å²) in [4.78, 5) is 14.1. The number of hydrogen-bond donors (Lipinski definition) is 2. The van der Waals surface area contributed by atoms with Gasteiger partial charge in [-0.15, -0.1) is 0 Å². The number of carbonyl (C=O) groups excluding carboxylic acids is 1. The second-order valence-electron chi connectivity index (χ2n) is 7.65. The molecule has 0 saturated carbocycles. The Morgan fingerprint density at radius 1 is 1.23 bits per heavy atom. The number of benzene rings is 1. The van der Waals surface area contributed by atoms with E-state index in [0.717, 1.165) is 26.2 Å². The van der Waals surface area contributed by atoms with Crippen molar-refractivity contribution in [3.05, 3.63) is 47.3 Å². The summed E-state index contributed by atoms with van der Waals surface area (Å²) in [6, 6.07) is 7.72. The second kappa shape index (κ2) is 6.99. The first-order valence-corrected chi connectivity index (χ1v) is 8.84. The maximum atomic E-state index is 11.8. The SMILES string of the molecule is CN1CC=C2N(Cc3ccc(C(=N)NC(=O)OC(C)(C)C)cc3)CCN21. The van der Waals surface area contributed by atoms with Crippen LogP contribution in [0.15, 0.2) is 36.2 Å². The molecule has 1 fully saturated rings. The van der Waals surface area contributed by atoms with Gasteiger partial charge in [-0.05, 0) is 32.4 Å². The Labute approximate surface area is 154 Å². The number of hydrogen-bond acceptors (Lipinski definition) is 6. The summed E-state index contributed by atoms with van der Waals surface area (Å²) in [5, 5.41) is 15.0. The van der Waals surface area contributed by atoms with Gasteiger partial charge in [0.25, 0.3) is 0 Å². The molecule has 0 aliphatic carbocycles. The topological polar surface area (TPSA) is 71.9 Å². The van der Waals surface area contributed by atoms with Crippen molar-refractivity contribution < 1.29 is 9.53 Å². The lowest BCUT2D eigenvalue weighted by Crippen LogP contribution is -2.36. The molecule has 0 aromatic heterocycles. The van der Waals surface area contributed by atoms with Gasteiger partial charge in [-0.2, -0.15) is 0 Å². The van der Waals surface area contributed by atoms with Gasteiger partial charge in [0.1, 0.15) is 17.3 Å². The molecule has 26 heavy (non-hydrogen) atoms. The van der Waals surface area contributed by atoms with E-state index in [2.05, 4.69) is 33.4 Å². The second-order valence-corrected chi connectivity index (χ2v) is 7.65. The lowest BCUT2D eigenvalue weighted by molar-refractivity contribution is 0.0563. The van der Waals surface area contributed by atoms with Crippen molar-refractivity contribution in [2.45, 2.75) is 32.9 Å². The zero-order valence-electron chi connectivity index (χ0n) is 15.9. The van der Waals surface area contributed by atoms with E-state index in [0.29, 0.717) is 5.56 Å². The summed E-state index contributed by atoms with van der Waals surface area (Å²) >= 11 is 0. The van der Waals surface area contributed by atoms with Gasteiger partial charge < -0.3 is 9.64 Å². The zero-order valence-corrected chi connectivity index (χ0v) is 15.9. The number of amides is 1. The van der Waals surface area contributed by atoms with Crippen molar-refractivity contribution in [3.63, 3.8) is 0 Å². The van der Waals surface area contributed by atoms with Gasteiger partial charge in [0.05, 0.1) is 6.54 Å². The fourth-order valence-electron chi connectivity index (χ4n) is 3.14. The Morgan fingerprint density at radius 2 is 1.92 bits per heavy atom. The molecule has 3 rings (SSSR count). The number of nitrogens with zero attached hydrogens (tertiary/aromatic N) is 3. The van der Waals surface area contributed by atoms with Gasteiger partial charge in [-0.25, -0.2) is 9.80 Å². The molecule has 1 aromatic carbocycles. The van der Waals surface area contributed by atoms with E-state index >= 15 is 0 Å². The van der Waals surface area contributed by atoms with Crippen LogP contribution in [0.3, 0.4) is 0 Å². The standard InChI is InChI=1S/C19H27N5O2/c1-19(2,3)26-18(25)21-17(20)15-7-5-14(6-8-15)13-23-11-12-24-16(23)9-10-22(24)4/h5-9H,10-13H2,1-4H3,(H2,20,21,25). The van der Waals surface area contributed by atoms with Gasteiger partial charge in [0.2, 0.25) is 0 Å². The summed E-state index contributed by atoms with van der Waals surface area (Å²) in [7, 11) is 2.10. The maximum absolute atomic E-state index is 11.8. The average Bonchev–Trinajstić information content (AvgIpc) is 3.10. The third-order valence-electron chi connectivity index (χ3n) is 4.36. The van der Waals surface area contributed by atoms with E-state index < -0.39 is 11.7 Å². The van der Waals surface area contributed by atoms with Gasteiger partial charge in [0, 0.05) is 32.2 Å². The molecule has 140 valence electrons. The van der Waals surface area contributed by atoms with Crippen molar-refractivity contribution in [3.8, 4) is 0 Å². The number of ether oxygens (including phenoxy) is 1. The number of hydrazine groups is 1. The van der Waals surface area contributed by atoms with E-state index in [-0.39, 0.29) is 5.84 Å². The molecule has 2 aliphatic heterocycles. The maximum Gasteiger partial charge on any atom is 0.413 e. The van der Waals surface area contributed by atoms with Gasteiger partial charge in [-0.3, -0.25) is 15.7 Å². The number of nitrogens with one attached hydrogen (secondary N) is 2. The molecule has 1 aromatic rings. The molecular weight excluding hydrogens is 330 g/mol. The van der Waals surface area contributed by atoms with E-state index in [1.807, 2.05) is 24.3 Å². The molecule has 7 heteroatoms. The van der Waals surface area contributed by atoms with Gasteiger partial charge in [0.15, 0.2) is 0 Å². The van der Waals surface area contributed by atoms with E-state index in [1.165, 1.54) is 11.4 Å². The molecule has 0 spiro atoms. The highest BCUT2D eigenvalue weighted by molar-refractivity contribution is 6.04. The minimum Gasteiger partial charge on any atom is -0.444 e. The molecule has 7 nitrogen and oxygen atoms in total. The number of likely N-dealkylation sites (N-methyl/N-ethyl adjacent to an activating group) is 1. The molecule has 2 heterocycles. The normalized spacial score (nSPS) is 17.2. The van der Waals surface area contributed by atoms with Crippen molar-refractivity contribution >= 4 is 11.9 Å². The Bertz CT molecular complexity index is 720. The first-order chi connectivity index (χ1) is 12.2. The summed E-state index contributed by atoms with van der Waals surface area (Å²) in [5.74, 6) is 1.31. The van der Waals surface area contributed by atoms with Crippen LogP contribution in [0.5, 0.6) is 0 Å². The zero-order chi connectivity index (χ0) is 18.9. The van der Waals surface area contributed by atoms with E-state index in [4.69, 9.17) is 10.1 Å². The lowest BCUT2D eigenvalue weighted by Gasteiger charge is -2.25. The number of alkyl carbamates (subject to hydrolysis) is 1. The average molecular weight is 357 g/mol. The van der Waals surface area contributed by atoms with Gasteiger partial charge in [-0.1, -0.05) is 24.3 Å². The predicted octanol–water partition coefficient (Wildman–Crippen LogP) is 2.36. The quantitative estimate of drug-likeness (QED) is 0.642. The van der Waals surface area contributed by atoms with Crippen LogP contribution in [-0.2, 0) is 11.3 Å². The van der Waals surface area contributed by atoms with Crippen LogP contribution in [0, 0.1) is 5.41 Å². The predicted molar refractivity (Wildman–Crippen MR) is 100 cm³/mol. The Hall–Kier alpha value is -2.54. The molecule has 0 unspecified atom stereocenters. The third kappa shape index (κ3) is 4.16. The summed E-state index contributed by atoms with van der Waals surface area (Å²) in [6.07, 6.45) is 1.64. The van der Waals surface area contributed by atoms with Crippen LogP contribution in [0.25, 0.3) is 0 Å². The summed E-state index contributed by atoms with van der Waals surface area (Å²) in [5.41, 5.74) is 1.25. The van der Waals surface area contributed by atoms with Crippen molar-refractivity contribution in [1.82, 2.24) is 20.2 Å². The highest BCUT2D eigenvalue weighted by atomic mass is 16.6. The highest BCUT2D eigenvalue weighted by Crippen LogP contribution is 2.26. The fourth-order valence-corrected chi connectivity index (χ4v) is 3.14. The summed E-state index contributed by atoms with van der Waals surface area (Å²) in [6.45, 7) is 9.20. The number of carbonyl (C=O) groups is 1. The van der Waals surface area contributed by atoms with E-state index in [1.54, 1.807) is 20.8 Å². The lowest BCUT2D eigenvalue weighted by atomic mass is 10.1. The van der Waals surface area contributed by atoms with Crippen LogP contribution in [0.2, 0.25) is 0 Å². The fraction of sp³-hybridized carbons (Fsp3) is 0.474. The van der Waals surface area contributed by atoms with Crippen LogP contribution in [0.1, 0.15) is 31.9 Å². The Morgan fingerprint density at radius 3 is 2.58 bits per heavy atom. The first-order valence-electron chi connectivity index (χ1n) is 8.84. The largest absolute Gasteiger partial charge is 0.444 e. The summed E-state index contributed by atoms with van der Waals surface area (Å²) < 4.78 is 5.18. The number of fused-ring (bicyclic) bond motifs is 1. The molecule has 0 radical (unpaired) electrons. The Kier molecular flexibility index (Phi) is 4.91. The molecule has 1 amide bonds. The number of amidine groups is 1. The highest BCUT2D eigenvalue weighted by Gasteiger charge is 2.30. The van der Waals surface area contributed by atoms with Crippen molar-refractivity contribution in [2.24, 2.45) is 0 Å². The van der Waals surface area contributed by atoms with Crippen LogP contribution < -0.4 is 5.32 Å². The molecule has 2 aliphatic rings. The monoisotopic (exact) mass is 357 g/mol. The van der Waals surface area contributed by atoms with Gasteiger partial charge >= 0.3 is 6.09 Å². The molecule has 2 N–H and O–H groups in total. The minimum absolute atomic E-state index is 0.0401. The number of rotatable bonds is 3. The minimum atomic E-state index is -0.610. The van der Waals surface area contributed by atoms with Crippen LogP contribution in [-0.4, -0.2) is 59.1 Å². The molecule has 0 atom stereocenters. The molecule has 1 saturated heterocycles. The van der Waals surface area contributed by atoms with Crippen LogP contribution >= 0.6 is 0 Å². The third-order valence-corrected chi connectivity index (χ3v) is 4.36.